The third-order valence-electron chi connectivity index (χ3n) is 3.56. The number of imidazole rings is 1. The van der Waals surface area contributed by atoms with Gasteiger partial charge in [0.2, 0.25) is 0 Å². The summed E-state index contributed by atoms with van der Waals surface area (Å²) in [5.41, 5.74) is 2.29. The Balaban J connectivity index is 1.74. The molecule has 0 aliphatic carbocycles. The van der Waals surface area contributed by atoms with E-state index < -0.39 is 0 Å². The molecule has 0 aliphatic heterocycles. The van der Waals surface area contributed by atoms with Crippen molar-refractivity contribution in [1.82, 2.24) is 19.8 Å². The minimum Gasteiger partial charge on any atom is -0.329 e. The minimum atomic E-state index is 0.971. The van der Waals surface area contributed by atoms with E-state index in [0.29, 0.717) is 0 Å². The quantitative estimate of drug-likeness (QED) is 0.737. The van der Waals surface area contributed by atoms with Crippen LogP contribution in [-0.4, -0.2) is 47.2 Å². The van der Waals surface area contributed by atoms with Crippen LogP contribution in [0.15, 0.2) is 30.6 Å². The smallest absolute Gasteiger partial charge is 0.0958 e. The summed E-state index contributed by atoms with van der Waals surface area (Å²) in [5, 5.41) is 3.50. The Morgan fingerprint density at radius 1 is 1.16 bits per heavy atom. The van der Waals surface area contributed by atoms with E-state index in [1.807, 2.05) is 12.4 Å². The third kappa shape index (κ3) is 3.78. The van der Waals surface area contributed by atoms with Crippen molar-refractivity contribution in [1.29, 1.82) is 0 Å². The molecule has 4 heteroatoms. The van der Waals surface area contributed by atoms with Crippen molar-refractivity contribution in [2.24, 2.45) is 0 Å². The molecule has 0 bridgehead atoms. The van der Waals surface area contributed by atoms with Crippen molar-refractivity contribution in [3.63, 3.8) is 0 Å². The Labute approximate surface area is 115 Å². The summed E-state index contributed by atoms with van der Waals surface area (Å²) >= 11 is 0. The molecule has 19 heavy (non-hydrogen) atoms. The van der Waals surface area contributed by atoms with E-state index in [9.17, 15) is 0 Å². The molecule has 4 nitrogen and oxygen atoms in total. The van der Waals surface area contributed by atoms with E-state index in [4.69, 9.17) is 0 Å². The highest BCUT2D eigenvalue weighted by Gasteiger charge is 2.01. The van der Waals surface area contributed by atoms with Crippen LogP contribution in [-0.2, 0) is 6.54 Å². The van der Waals surface area contributed by atoms with Gasteiger partial charge in [0.1, 0.15) is 0 Å². The largest absolute Gasteiger partial charge is 0.329 e. The lowest BCUT2D eigenvalue weighted by atomic mass is 10.3. The van der Waals surface area contributed by atoms with E-state index in [1.54, 1.807) is 0 Å². The first kappa shape index (κ1) is 14.0. The molecule has 1 aromatic heterocycles. The van der Waals surface area contributed by atoms with E-state index >= 15 is 0 Å². The molecule has 104 valence electrons. The fourth-order valence-corrected chi connectivity index (χ4v) is 2.29. The Kier molecular flexibility index (Phi) is 5.36. The van der Waals surface area contributed by atoms with Crippen LogP contribution in [0.25, 0.3) is 11.0 Å². The second kappa shape index (κ2) is 7.26. The first-order valence-electron chi connectivity index (χ1n) is 7.18. The highest BCUT2D eigenvalue weighted by Crippen LogP contribution is 2.10. The van der Waals surface area contributed by atoms with Crippen LogP contribution in [0, 0.1) is 0 Å². The molecule has 0 radical (unpaired) electrons. The number of hydrogen-bond donors (Lipinski definition) is 1. The van der Waals surface area contributed by atoms with Gasteiger partial charge in [-0.25, -0.2) is 4.98 Å². The molecule has 1 aromatic carbocycles. The maximum atomic E-state index is 4.40. The van der Waals surface area contributed by atoms with Crippen molar-refractivity contribution in [2.75, 3.05) is 32.7 Å². The first-order valence-corrected chi connectivity index (χ1v) is 7.18. The van der Waals surface area contributed by atoms with Crippen LogP contribution in [0.5, 0.6) is 0 Å². The van der Waals surface area contributed by atoms with Crippen LogP contribution >= 0.6 is 0 Å². The second-order valence-corrected chi connectivity index (χ2v) is 4.70. The normalized spacial score (nSPS) is 11.5. The number of para-hydroxylation sites is 2. The van der Waals surface area contributed by atoms with Gasteiger partial charge in [0.05, 0.1) is 17.4 Å². The molecule has 0 spiro atoms. The summed E-state index contributed by atoms with van der Waals surface area (Å²) in [6.07, 6.45) is 1.93. The van der Waals surface area contributed by atoms with Gasteiger partial charge in [0.25, 0.3) is 0 Å². The fraction of sp³-hybridized carbons (Fsp3) is 0.533. The van der Waals surface area contributed by atoms with Gasteiger partial charge in [-0.3, -0.25) is 0 Å². The maximum absolute atomic E-state index is 4.40. The first-order chi connectivity index (χ1) is 9.35. The van der Waals surface area contributed by atoms with Crippen LogP contribution in [0.3, 0.4) is 0 Å². The van der Waals surface area contributed by atoms with Crippen LogP contribution in [0.1, 0.15) is 13.8 Å². The number of likely N-dealkylation sites (N-methyl/N-ethyl adjacent to an activating group) is 1. The number of rotatable bonds is 8. The van der Waals surface area contributed by atoms with Crippen LogP contribution in [0.4, 0.5) is 0 Å². The molecule has 1 N–H and O–H groups in total. The molecule has 1 heterocycles. The Morgan fingerprint density at radius 2 is 1.95 bits per heavy atom. The number of hydrogen-bond acceptors (Lipinski definition) is 3. The molecule has 0 aliphatic rings. The highest BCUT2D eigenvalue weighted by atomic mass is 15.1. The van der Waals surface area contributed by atoms with E-state index in [1.165, 1.54) is 5.52 Å². The summed E-state index contributed by atoms with van der Waals surface area (Å²) in [6.45, 7) is 10.8. The zero-order chi connectivity index (χ0) is 13.5. The standard InChI is InChI=1S/C15H24N4/c1-3-18(4-2)11-9-16-10-12-19-13-17-14-7-5-6-8-15(14)19/h5-8,13,16H,3-4,9-12H2,1-2H3. The number of fused-ring (bicyclic) bond motifs is 1. The van der Waals surface area contributed by atoms with Gasteiger partial charge >= 0.3 is 0 Å². The summed E-state index contributed by atoms with van der Waals surface area (Å²) in [7, 11) is 0. The van der Waals surface area contributed by atoms with Gasteiger partial charge in [-0.1, -0.05) is 26.0 Å². The maximum Gasteiger partial charge on any atom is 0.0958 e. The molecule has 0 atom stereocenters. The van der Waals surface area contributed by atoms with Crippen LogP contribution < -0.4 is 5.32 Å². The molecule has 2 rings (SSSR count). The summed E-state index contributed by atoms with van der Waals surface area (Å²) < 4.78 is 2.21. The van der Waals surface area contributed by atoms with Gasteiger partial charge in [-0.15, -0.1) is 0 Å². The van der Waals surface area contributed by atoms with Gasteiger partial charge < -0.3 is 14.8 Å². The van der Waals surface area contributed by atoms with Crippen molar-refractivity contribution in [3.8, 4) is 0 Å². The topological polar surface area (TPSA) is 33.1 Å². The molecule has 0 saturated heterocycles. The zero-order valence-corrected chi connectivity index (χ0v) is 12.0. The van der Waals surface area contributed by atoms with Gasteiger partial charge in [0, 0.05) is 26.2 Å². The second-order valence-electron chi connectivity index (χ2n) is 4.70. The Bertz CT molecular complexity index is 488. The highest BCUT2D eigenvalue weighted by molar-refractivity contribution is 5.74. The minimum absolute atomic E-state index is 0.971. The Morgan fingerprint density at radius 3 is 2.74 bits per heavy atom. The summed E-state index contributed by atoms with van der Waals surface area (Å²) in [6, 6.07) is 8.27. The molecular formula is C15H24N4. The average molecular weight is 260 g/mol. The van der Waals surface area contributed by atoms with Gasteiger partial charge in [0.15, 0.2) is 0 Å². The number of nitrogens with zero attached hydrogens (tertiary/aromatic N) is 3. The van der Waals surface area contributed by atoms with Crippen molar-refractivity contribution in [2.45, 2.75) is 20.4 Å². The monoisotopic (exact) mass is 260 g/mol. The number of nitrogens with one attached hydrogen (secondary N) is 1. The summed E-state index contributed by atoms with van der Waals surface area (Å²) in [4.78, 5) is 6.83. The van der Waals surface area contributed by atoms with Gasteiger partial charge in [-0.05, 0) is 25.2 Å². The lowest BCUT2D eigenvalue weighted by molar-refractivity contribution is 0.302. The van der Waals surface area contributed by atoms with Crippen molar-refractivity contribution >= 4 is 11.0 Å². The van der Waals surface area contributed by atoms with E-state index in [0.717, 1.165) is 44.8 Å². The van der Waals surface area contributed by atoms with Crippen molar-refractivity contribution < 1.29 is 0 Å². The number of aromatic nitrogens is 2. The lowest BCUT2D eigenvalue weighted by Crippen LogP contribution is -2.33. The summed E-state index contributed by atoms with van der Waals surface area (Å²) in [5.74, 6) is 0. The van der Waals surface area contributed by atoms with Crippen molar-refractivity contribution in [3.05, 3.63) is 30.6 Å². The predicted octanol–water partition coefficient (Wildman–Crippen LogP) is 1.97. The zero-order valence-electron chi connectivity index (χ0n) is 12.0. The molecule has 2 aromatic rings. The molecule has 0 saturated carbocycles. The molecule has 0 amide bonds. The fourth-order valence-electron chi connectivity index (χ4n) is 2.29. The SMILES string of the molecule is CCN(CC)CCNCCn1cnc2ccccc21. The molecule has 0 fully saturated rings. The molecular weight excluding hydrogens is 236 g/mol. The van der Waals surface area contributed by atoms with Gasteiger partial charge in [-0.2, -0.15) is 0 Å². The average Bonchev–Trinajstić information content (AvgIpc) is 2.86. The molecule has 0 unspecified atom stereocenters. The van der Waals surface area contributed by atoms with E-state index in [-0.39, 0.29) is 0 Å². The lowest BCUT2D eigenvalue weighted by Gasteiger charge is -2.18. The third-order valence-corrected chi connectivity index (χ3v) is 3.56. The van der Waals surface area contributed by atoms with E-state index in [2.05, 4.69) is 51.8 Å². The van der Waals surface area contributed by atoms with Crippen LogP contribution in [0.2, 0.25) is 0 Å². The Hall–Kier alpha value is -1.39. The predicted molar refractivity (Wildman–Crippen MR) is 80.4 cm³/mol. The number of benzene rings is 1.